The second-order valence-electron chi connectivity index (χ2n) is 5.39. The van der Waals surface area contributed by atoms with Crippen LogP contribution in [0.5, 0.6) is 0 Å². The van der Waals surface area contributed by atoms with Crippen LogP contribution in [-0.2, 0) is 22.4 Å². The Morgan fingerprint density at radius 2 is 1.85 bits per heavy atom. The number of carboxylic acids is 1. The molecule has 20 heavy (non-hydrogen) atoms. The van der Waals surface area contributed by atoms with Crippen LogP contribution in [0.25, 0.3) is 0 Å². The van der Waals surface area contributed by atoms with Gasteiger partial charge in [0.15, 0.2) is 0 Å². The number of benzene rings is 1. The third kappa shape index (κ3) is 4.08. The van der Waals surface area contributed by atoms with Crippen molar-refractivity contribution in [1.29, 1.82) is 0 Å². The molecule has 1 unspecified atom stereocenters. The van der Waals surface area contributed by atoms with Crippen molar-refractivity contribution in [3.8, 4) is 0 Å². The maximum Gasteiger partial charge on any atom is 0.326 e. The van der Waals surface area contributed by atoms with E-state index < -0.39 is 12.0 Å². The standard InChI is InChI=1S/C16H21NO3/c1-2-11-3-5-12(6-4-11)7-10-14(18)17-15(16(19)20)13-8-9-13/h3-6,13,15H,2,7-10H2,1H3,(H,17,18)(H,19,20). The van der Waals surface area contributed by atoms with Crippen LogP contribution in [-0.4, -0.2) is 23.0 Å². The quantitative estimate of drug-likeness (QED) is 0.801. The molecule has 0 bridgehead atoms. The Morgan fingerprint density at radius 1 is 1.25 bits per heavy atom. The monoisotopic (exact) mass is 275 g/mol. The van der Waals surface area contributed by atoms with Gasteiger partial charge in [-0.25, -0.2) is 4.79 Å². The van der Waals surface area contributed by atoms with Gasteiger partial charge in [-0.1, -0.05) is 31.2 Å². The normalized spacial score (nSPS) is 15.7. The Labute approximate surface area is 119 Å². The van der Waals surface area contributed by atoms with Crippen LogP contribution in [0.1, 0.15) is 37.3 Å². The Balaban J connectivity index is 1.80. The molecule has 2 N–H and O–H groups in total. The zero-order chi connectivity index (χ0) is 14.5. The number of hydrogen-bond donors (Lipinski definition) is 2. The number of amides is 1. The number of aliphatic carboxylic acids is 1. The molecule has 4 nitrogen and oxygen atoms in total. The summed E-state index contributed by atoms with van der Waals surface area (Å²) in [4.78, 5) is 22.9. The number of carbonyl (C=O) groups is 2. The first-order chi connectivity index (χ1) is 9.60. The van der Waals surface area contributed by atoms with Gasteiger partial charge in [-0.15, -0.1) is 0 Å². The molecule has 1 aromatic rings. The fourth-order valence-corrected chi connectivity index (χ4v) is 2.26. The van der Waals surface area contributed by atoms with Crippen LogP contribution >= 0.6 is 0 Å². The maximum absolute atomic E-state index is 11.8. The van der Waals surface area contributed by atoms with Crippen LogP contribution in [0.2, 0.25) is 0 Å². The van der Waals surface area contributed by atoms with Gasteiger partial charge in [0.1, 0.15) is 6.04 Å². The number of aryl methyl sites for hydroxylation is 2. The second-order valence-corrected chi connectivity index (χ2v) is 5.39. The highest BCUT2D eigenvalue weighted by molar-refractivity contribution is 5.84. The van der Waals surface area contributed by atoms with Crippen LogP contribution in [0.3, 0.4) is 0 Å². The molecular weight excluding hydrogens is 254 g/mol. The van der Waals surface area contributed by atoms with Gasteiger partial charge in [0.05, 0.1) is 0 Å². The van der Waals surface area contributed by atoms with Crippen molar-refractivity contribution < 1.29 is 14.7 Å². The molecule has 0 saturated heterocycles. The molecule has 4 heteroatoms. The number of rotatable bonds is 7. The minimum Gasteiger partial charge on any atom is -0.480 e. The molecule has 0 heterocycles. The van der Waals surface area contributed by atoms with Crippen molar-refractivity contribution in [2.45, 2.75) is 45.1 Å². The van der Waals surface area contributed by atoms with Crippen molar-refractivity contribution in [1.82, 2.24) is 5.32 Å². The highest BCUT2D eigenvalue weighted by Crippen LogP contribution is 2.32. The van der Waals surface area contributed by atoms with Gasteiger partial charge in [-0.3, -0.25) is 4.79 Å². The lowest BCUT2D eigenvalue weighted by atomic mass is 10.1. The van der Waals surface area contributed by atoms with E-state index in [1.807, 2.05) is 12.1 Å². The maximum atomic E-state index is 11.8. The summed E-state index contributed by atoms with van der Waals surface area (Å²) < 4.78 is 0. The Morgan fingerprint density at radius 3 is 2.35 bits per heavy atom. The third-order valence-corrected chi connectivity index (χ3v) is 3.75. The molecule has 1 aliphatic rings. The second kappa shape index (κ2) is 6.55. The highest BCUT2D eigenvalue weighted by Gasteiger charge is 2.37. The number of nitrogens with one attached hydrogen (secondary N) is 1. The first-order valence-corrected chi connectivity index (χ1v) is 7.20. The molecular formula is C16H21NO3. The zero-order valence-electron chi connectivity index (χ0n) is 11.8. The first-order valence-electron chi connectivity index (χ1n) is 7.20. The predicted octanol–water partition coefficient (Wildman–Crippen LogP) is 2.16. The summed E-state index contributed by atoms with van der Waals surface area (Å²) in [6, 6.07) is 7.49. The summed E-state index contributed by atoms with van der Waals surface area (Å²) in [6.07, 6.45) is 3.78. The summed E-state index contributed by atoms with van der Waals surface area (Å²) in [5.41, 5.74) is 2.38. The molecule has 0 aromatic heterocycles. The van der Waals surface area contributed by atoms with E-state index in [1.165, 1.54) is 5.56 Å². The third-order valence-electron chi connectivity index (χ3n) is 3.75. The Hall–Kier alpha value is -1.84. The first kappa shape index (κ1) is 14.6. The highest BCUT2D eigenvalue weighted by atomic mass is 16.4. The van der Waals surface area contributed by atoms with Gasteiger partial charge in [0.25, 0.3) is 0 Å². The smallest absolute Gasteiger partial charge is 0.326 e. The molecule has 108 valence electrons. The molecule has 1 atom stereocenters. The van der Waals surface area contributed by atoms with E-state index in [0.29, 0.717) is 12.8 Å². The molecule has 0 spiro atoms. The van der Waals surface area contributed by atoms with Crippen LogP contribution in [0, 0.1) is 5.92 Å². The molecule has 1 aromatic carbocycles. The van der Waals surface area contributed by atoms with E-state index >= 15 is 0 Å². The molecule has 0 radical (unpaired) electrons. The zero-order valence-corrected chi connectivity index (χ0v) is 11.8. The SMILES string of the molecule is CCc1ccc(CCC(=O)NC(C(=O)O)C2CC2)cc1. The van der Waals surface area contributed by atoms with Crippen LogP contribution in [0.15, 0.2) is 24.3 Å². The fourth-order valence-electron chi connectivity index (χ4n) is 2.26. The predicted molar refractivity (Wildman–Crippen MR) is 76.4 cm³/mol. The summed E-state index contributed by atoms with van der Waals surface area (Å²) in [7, 11) is 0. The fraction of sp³-hybridized carbons (Fsp3) is 0.500. The lowest BCUT2D eigenvalue weighted by Crippen LogP contribution is -2.42. The summed E-state index contributed by atoms with van der Waals surface area (Å²) >= 11 is 0. The van der Waals surface area contributed by atoms with Gasteiger partial charge >= 0.3 is 5.97 Å². The van der Waals surface area contributed by atoms with E-state index in [1.54, 1.807) is 0 Å². The van der Waals surface area contributed by atoms with E-state index in [-0.39, 0.29) is 11.8 Å². The average Bonchev–Trinajstić information content (AvgIpc) is 3.27. The Kier molecular flexibility index (Phi) is 4.77. The summed E-state index contributed by atoms with van der Waals surface area (Å²) in [5.74, 6) is -0.975. The van der Waals surface area contributed by atoms with Gasteiger partial charge in [-0.05, 0) is 42.7 Å². The largest absolute Gasteiger partial charge is 0.480 e. The minimum atomic E-state index is -0.923. The van der Waals surface area contributed by atoms with E-state index in [0.717, 1.165) is 24.8 Å². The number of carbonyl (C=O) groups excluding carboxylic acids is 1. The van der Waals surface area contributed by atoms with Gasteiger partial charge in [0.2, 0.25) is 5.91 Å². The molecule has 1 aliphatic carbocycles. The van der Waals surface area contributed by atoms with E-state index in [4.69, 9.17) is 5.11 Å². The van der Waals surface area contributed by atoms with Crippen molar-refractivity contribution in [2.75, 3.05) is 0 Å². The Bertz CT molecular complexity index is 477. The number of carboxylic acid groups (broad SMARTS) is 1. The molecule has 1 saturated carbocycles. The van der Waals surface area contributed by atoms with Gasteiger partial charge in [-0.2, -0.15) is 0 Å². The number of hydrogen-bond acceptors (Lipinski definition) is 2. The van der Waals surface area contributed by atoms with Gasteiger partial charge in [0, 0.05) is 6.42 Å². The van der Waals surface area contributed by atoms with Crippen molar-refractivity contribution in [3.63, 3.8) is 0 Å². The molecule has 1 fully saturated rings. The van der Waals surface area contributed by atoms with Crippen LogP contribution in [0.4, 0.5) is 0 Å². The van der Waals surface area contributed by atoms with Crippen molar-refractivity contribution in [3.05, 3.63) is 35.4 Å². The minimum absolute atomic E-state index is 0.125. The topological polar surface area (TPSA) is 66.4 Å². The van der Waals surface area contributed by atoms with Crippen molar-refractivity contribution >= 4 is 11.9 Å². The van der Waals surface area contributed by atoms with Crippen LogP contribution < -0.4 is 5.32 Å². The molecule has 1 amide bonds. The lowest BCUT2D eigenvalue weighted by Gasteiger charge is -2.13. The van der Waals surface area contributed by atoms with Crippen molar-refractivity contribution in [2.24, 2.45) is 5.92 Å². The summed E-state index contributed by atoms with van der Waals surface area (Å²) in [5, 5.41) is 11.7. The average molecular weight is 275 g/mol. The molecule has 0 aliphatic heterocycles. The molecule has 2 rings (SSSR count). The van der Waals surface area contributed by atoms with E-state index in [9.17, 15) is 9.59 Å². The van der Waals surface area contributed by atoms with Gasteiger partial charge < -0.3 is 10.4 Å². The summed E-state index contributed by atoms with van der Waals surface area (Å²) in [6.45, 7) is 2.10. The lowest BCUT2D eigenvalue weighted by molar-refractivity contribution is -0.142. The van der Waals surface area contributed by atoms with E-state index in [2.05, 4.69) is 24.4 Å².